The summed E-state index contributed by atoms with van der Waals surface area (Å²) in [5, 5.41) is 4.43. The molecule has 2 rings (SSSR count). The molecule has 0 amide bonds. The Labute approximate surface area is 114 Å². The van der Waals surface area contributed by atoms with Gasteiger partial charge in [0.05, 0.1) is 5.54 Å². The molecule has 1 aromatic rings. The number of anilines is 2. The SMILES string of the molecule is CN(C)c1ccc(NC2=NC(C)(C)CCS2)cc1. The maximum Gasteiger partial charge on any atom is 0.161 e. The first-order chi connectivity index (χ1) is 8.46. The Morgan fingerprint density at radius 1 is 1.22 bits per heavy atom. The molecular weight excluding hydrogens is 242 g/mol. The van der Waals surface area contributed by atoms with Gasteiger partial charge >= 0.3 is 0 Å². The molecule has 3 nitrogen and oxygen atoms in total. The predicted octanol–water partition coefficient (Wildman–Crippen LogP) is 3.44. The number of rotatable bonds is 2. The topological polar surface area (TPSA) is 27.6 Å². The lowest BCUT2D eigenvalue weighted by atomic mass is 10.0. The van der Waals surface area contributed by atoms with E-state index in [2.05, 4.69) is 48.3 Å². The molecule has 0 saturated carbocycles. The van der Waals surface area contributed by atoms with Gasteiger partial charge in [-0.25, -0.2) is 0 Å². The number of benzene rings is 1. The van der Waals surface area contributed by atoms with Gasteiger partial charge in [-0.15, -0.1) is 0 Å². The van der Waals surface area contributed by atoms with Crippen molar-refractivity contribution in [1.82, 2.24) is 0 Å². The lowest BCUT2D eigenvalue weighted by Gasteiger charge is -2.26. The summed E-state index contributed by atoms with van der Waals surface area (Å²) >= 11 is 1.80. The molecule has 1 aliphatic heterocycles. The van der Waals surface area contributed by atoms with E-state index in [-0.39, 0.29) is 5.54 Å². The second-order valence-electron chi connectivity index (χ2n) is 5.39. The molecule has 0 aromatic heterocycles. The van der Waals surface area contributed by atoms with Crippen molar-refractivity contribution in [3.8, 4) is 0 Å². The van der Waals surface area contributed by atoms with Gasteiger partial charge in [-0.3, -0.25) is 4.99 Å². The first kappa shape index (κ1) is 13.3. The molecule has 0 fully saturated rings. The molecule has 4 heteroatoms. The molecule has 0 spiro atoms. The van der Waals surface area contributed by atoms with E-state index in [0.717, 1.165) is 23.0 Å². The minimum absolute atomic E-state index is 0.0666. The van der Waals surface area contributed by atoms with Gasteiger partial charge in [-0.2, -0.15) is 0 Å². The number of aliphatic imine (C=N–C) groups is 1. The van der Waals surface area contributed by atoms with Crippen LogP contribution in [0, 0.1) is 0 Å². The summed E-state index contributed by atoms with van der Waals surface area (Å²) in [6, 6.07) is 8.42. The first-order valence-electron chi connectivity index (χ1n) is 6.23. The monoisotopic (exact) mass is 263 g/mol. The highest BCUT2D eigenvalue weighted by Crippen LogP contribution is 2.27. The van der Waals surface area contributed by atoms with Crippen molar-refractivity contribution in [2.24, 2.45) is 4.99 Å². The van der Waals surface area contributed by atoms with E-state index in [9.17, 15) is 0 Å². The maximum absolute atomic E-state index is 4.73. The number of amidine groups is 1. The fourth-order valence-electron chi connectivity index (χ4n) is 1.79. The average Bonchev–Trinajstić information content (AvgIpc) is 2.28. The fourth-order valence-corrected chi connectivity index (χ4v) is 3.09. The second kappa shape index (κ2) is 5.22. The molecule has 0 radical (unpaired) electrons. The van der Waals surface area contributed by atoms with Gasteiger partial charge in [0.2, 0.25) is 0 Å². The van der Waals surface area contributed by atoms with Crippen molar-refractivity contribution in [3.05, 3.63) is 24.3 Å². The molecule has 1 heterocycles. The van der Waals surface area contributed by atoms with Crippen LogP contribution in [0.3, 0.4) is 0 Å². The van der Waals surface area contributed by atoms with Crippen LogP contribution >= 0.6 is 11.8 Å². The molecule has 0 unspecified atom stereocenters. The van der Waals surface area contributed by atoms with Gasteiger partial charge in [0.25, 0.3) is 0 Å². The van der Waals surface area contributed by atoms with Crippen LogP contribution < -0.4 is 10.2 Å². The molecule has 0 saturated heterocycles. The lowest BCUT2D eigenvalue weighted by Crippen LogP contribution is -2.27. The van der Waals surface area contributed by atoms with Gasteiger partial charge in [0, 0.05) is 31.2 Å². The molecule has 0 bridgehead atoms. The standard InChI is InChI=1S/C14H21N3S/c1-14(2)9-10-18-13(16-14)15-11-5-7-12(8-6-11)17(3)4/h5-8H,9-10H2,1-4H3,(H,15,16). The van der Waals surface area contributed by atoms with Crippen molar-refractivity contribution < 1.29 is 0 Å². The van der Waals surface area contributed by atoms with E-state index in [4.69, 9.17) is 4.99 Å². The van der Waals surface area contributed by atoms with Crippen LogP contribution in [0.15, 0.2) is 29.3 Å². The van der Waals surface area contributed by atoms with E-state index in [0.29, 0.717) is 0 Å². The largest absolute Gasteiger partial charge is 0.378 e. The van der Waals surface area contributed by atoms with Gasteiger partial charge in [0.1, 0.15) is 0 Å². The molecule has 1 N–H and O–H groups in total. The number of nitrogens with one attached hydrogen (secondary N) is 1. The number of hydrogen-bond acceptors (Lipinski definition) is 4. The van der Waals surface area contributed by atoms with Crippen molar-refractivity contribution in [2.75, 3.05) is 30.1 Å². The van der Waals surface area contributed by atoms with Crippen molar-refractivity contribution in [2.45, 2.75) is 25.8 Å². The van der Waals surface area contributed by atoms with Gasteiger partial charge in [-0.05, 0) is 44.5 Å². The number of nitrogens with zero attached hydrogens (tertiary/aromatic N) is 2. The zero-order chi connectivity index (χ0) is 13.2. The number of hydrogen-bond donors (Lipinski definition) is 1. The van der Waals surface area contributed by atoms with Gasteiger partial charge in [0.15, 0.2) is 5.17 Å². The Morgan fingerprint density at radius 3 is 2.44 bits per heavy atom. The first-order valence-corrected chi connectivity index (χ1v) is 7.22. The zero-order valence-corrected chi connectivity index (χ0v) is 12.3. The van der Waals surface area contributed by atoms with E-state index >= 15 is 0 Å². The van der Waals surface area contributed by atoms with Crippen LogP contribution in [0.4, 0.5) is 11.4 Å². The van der Waals surface area contributed by atoms with E-state index in [1.165, 1.54) is 5.69 Å². The Balaban J connectivity index is 2.08. The molecule has 1 aromatic carbocycles. The molecule has 98 valence electrons. The summed E-state index contributed by atoms with van der Waals surface area (Å²) in [7, 11) is 4.10. The third kappa shape index (κ3) is 3.42. The Bertz CT molecular complexity index is 435. The Hall–Kier alpha value is -1.16. The summed E-state index contributed by atoms with van der Waals surface area (Å²) in [6.07, 6.45) is 1.14. The van der Waals surface area contributed by atoms with E-state index < -0.39 is 0 Å². The van der Waals surface area contributed by atoms with Crippen LogP contribution in [0.1, 0.15) is 20.3 Å². The molecule has 0 aliphatic carbocycles. The minimum atomic E-state index is 0.0666. The van der Waals surface area contributed by atoms with Crippen LogP contribution in [0.2, 0.25) is 0 Å². The van der Waals surface area contributed by atoms with E-state index in [1.807, 2.05) is 14.1 Å². The van der Waals surface area contributed by atoms with Crippen LogP contribution in [-0.2, 0) is 0 Å². The summed E-state index contributed by atoms with van der Waals surface area (Å²) in [6.45, 7) is 4.37. The molecule has 0 atom stereocenters. The van der Waals surface area contributed by atoms with Crippen LogP contribution in [0.25, 0.3) is 0 Å². The highest BCUT2D eigenvalue weighted by atomic mass is 32.2. The van der Waals surface area contributed by atoms with Crippen molar-refractivity contribution >= 4 is 28.3 Å². The molecule has 18 heavy (non-hydrogen) atoms. The maximum atomic E-state index is 4.73. The Kier molecular flexibility index (Phi) is 3.85. The van der Waals surface area contributed by atoms with Crippen molar-refractivity contribution in [3.63, 3.8) is 0 Å². The highest BCUT2D eigenvalue weighted by molar-refractivity contribution is 8.14. The molecule has 1 aliphatic rings. The Morgan fingerprint density at radius 2 is 1.89 bits per heavy atom. The summed E-state index contributed by atoms with van der Waals surface area (Å²) in [5.41, 5.74) is 2.38. The predicted molar refractivity (Wildman–Crippen MR) is 83.0 cm³/mol. The van der Waals surface area contributed by atoms with Gasteiger partial charge in [-0.1, -0.05) is 11.8 Å². The second-order valence-corrected chi connectivity index (χ2v) is 6.48. The third-order valence-corrected chi connectivity index (χ3v) is 3.87. The third-order valence-electron chi connectivity index (χ3n) is 2.99. The zero-order valence-electron chi connectivity index (χ0n) is 11.5. The summed E-state index contributed by atoms with van der Waals surface area (Å²) in [4.78, 5) is 6.82. The summed E-state index contributed by atoms with van der Waals surface area (Å²) in [5.74, 6) is 1.13. The number of thioether (sulfide) groups is 1. The van der Waals surface area contributed by atoms with Crippen molar-refractivity contribution in [1.29, 1.82) is 0 Å². The minimum Gasteiger partial charge on any atom is -0.378 e. The normalized spacial score (nSPS) is 18.1. The summed E-state index contributed by atoms with van der Waals surface area (Å²) < 4.78 is 0. The van der Waals surface area contributed by atoms with Crippen LogP contribution in [0.5, 0.6) is 0 Å². The van der Waals surface area contributed by atoms with E-state index in [1.54, 1.807) is 11.8 Å². The average molecular weight is 263 g/mol. The lowest BCUT2D eigenvalue weighted by molar-refractivity contribution is 0.507. The van der Waals surface area contributed by atoms with Crippen LogP contribution in [-0.4, -0.2) is 30.6 Å². The highest BCUT2D eigenvalue weighted by Gasteiger charge is 2.22. The van der Waals surface area contributed by atoms with Gasteiger partial charge < -0.3 is 10.2 Å². The quantitative estimate of drug-likeness (QED) is 0.886. The molecular formula is C14H21N3S. The smallest absolute Gasteiger partial charge is 0.161 e. The fraction of sp³-hybridized carbons (Fsp3) is 0.500.